The normalized spacial score (nSPS) is 17.7. The molecule has 11 aromatic rings. The van der Waals surface area contributed by atoms with E-state index >= 15 is 0 Å². The smallest absolute Gasteiger partial charge is 0.371 e. The molecule has 4 nitrogen and oxygen atoms in total. The Hall–Kier alpha value is -6.12. The van der Waals surface area contributed by atoms with Gasteiger partial charge in [0.05, 0.1) is 27.6 Å². The maximum Gasteiger partial charge on any atom is 2.00 e. The van der Waals surface area contributed by atoms with Crippen LogP contribution in [0.4, 0.5) is 0 Å². The second-order valence-electron chi connectivity index (χ2n) is 18.2. The van der Waals surface area contributed by atoms with Crippen LogP contribution in [-0.2, 0) is 17.5 Å². The first-order valence-electron chi connectivity index (χ1n) is 23.1. The van der Waals surface area contributed by atoms with Gasteiger partial charge in [0.2, 0.25) is 0 Å². The van der Waals surface area contributed by atoms with Gasteiger partial charge in [0.15, 0.2) is 0 Å². The zero-order valence-electron chi connectivity index (χ0n) is 37.4. The number of aromatic nitrogens is 4. The molecule has 0 radical (unpaired) electrons. The molecule has 314 valence electrons. The van der Waals surface area contributed by atoms with Crippen molar-refractivity contribution in [2.75, 3.05) is 0 Å². The Labute approximate surface area is 404 Å². The minimum absolute atomic E-state index is 0. The summed E-state index contributed by atoms with van der Waals surface area (Å²) < 4.78 is 7.80. The zero-order chi connectivity index (χ0) is 43.2. The van der Waals surface area contributed by atoms with Crippen molar-refractivity contribution in [2.24, 2.45) is 5.92 Å². The number of allylic oxidation sites excluding steroid dienone is 2. The van der Waals surface area contributed by atoms with Crippen molar-refractivity contribution >= 4 is 65.4 Å². The third kappa shape index (κ3) is 6.12. The van der Waals surface area contributed by atoms with Gasteiger partial charge in [0, 0.05) is 54.8 Å². The maximum atomic E-state index is 4.28. The predicted octanol–water partition coefficient (Wildman–Crippen LogP) is 15.1. The molecule has 4 heterocycles. The molecule has 65 heavy (non-hydrogen) atoms. The summed E-state index contributed by atoms with van der Waals surface area (Å²) in [6.07, 6.45) is 13.7. The van der Waals surface area contributed by atoms with E-state index in [1.807, 2.05) is 18.2 Å². The summed E-state index contributed by atoms with van der Waals surface area (Å²) in [6.45, 7) is 9.62. The molecule has 7 aromatic carbocycles. The molecule has 0 saturated heterocycles. The summed E-state index contributed by atoms with van der Waals surface area (Å²) in [5.41, 5.74) is 13.9. The quantitative estimate of drug-likeness (QED) is 0.110. The SMILES string of the molecule is CCCC(CC)(c1ccc2c(c1)c1ccccc1n2-c1cc[c-]c(-c2[c-]nccc2)c1)n1c2ccc3cc2c2c(cccc21)C/C=C\C(C)C3(C)n1c2ccccc2c2ccccc21.[U+2]. The minimum atomic E-state index is -0.369. The van der Waals surface area contributed by atoms with Crippen molar-refractivity contribution in [3.8, 4) is 16.8 Å². The van der Waals surface area contributed by atoms with Crippen LogP contribution in [0, 0.1) is 49.3 Å². The Morgan fingerprint density at radius 3 is 2.08 bits per heavy atom. The Balaban J connectivity index is 0.00000469. The van der Waals surface area contributed by atoms with Gasteiger partial charge >= 0.3 is 31.1 Å². The van der Waals surface area contributed by atoms with Crippen molar-refractivity contribution < 1.29 is 31.1 Å². The van der Waals surface area contributed by atoms with Gasteiger partial charge in [-0.05, 0) is 97.1 Å². The fourth-order valence-electron chi connectivity index (χ4n) is 11.8. The standard InChI is InChI=1S/C60H50N4.U/c1-5-34-60(6-2,45-31-32-53-50(38-45)49-25-7-10-26-52(49)62(53)46-22-14-20-42(36-46)43-21-16-35-61-39-43)64-56-33-30-44-37-51(56)58-41(19-15-29-57(58)64)18-13-17-40(3)59(44,4)63-54-27-11-8-23-47(54)48-24-9-12-28-55(48)63;/h7-17,19,21-33,35-38,40H,5-6,18,34H2,1-4H3;/q-2;+2/b17-13-;. The summed E-state index contributed by atoms with van der Waals surface area (Å²) in [5, 5.41) is 7.83. The number of hydrogen-bond acceptors (Lipinski definition) is 1. The van der Waals surface area contributed by atoms with Crippen molar-refractivity contribution in [3.05, 3.63) is 205 Å². The number of rotatable bonds is 8. The van der Waals surface area contributed by atoms with Gasteiger partial charge in [-0.1, -0.05) is 131 Å². The molecule has 0 saturated carbocycles. The molecule has 1 aliphatic carbocycles. The molecule has 0 aliphatic heterocycles. The molecule has 12 rings (SSSR count). The number of para-hydroxylation sites is 3. The summed E-state index contributed by atoms with van der Waals surface area (Å²) in [7, 11) is 0. The van der Waals surface area contributed by atoms with Crippen molar-refractivity contribution in [2.45, 2.75) is 64.5 Å². The van der Waals surface area contributed by atoms with E-state index in [-0.39, 0.29) is 48.1 Å². The first-order chi connectivity index (χ1) is 31.4. The molecule has 0 N–H and O–H groups in total. The Morgan fingerprint density at radius 2 is 1.35 bits per heavy atom. The van der Waals surface area contributed by atoms with Crippen molar-refractivity contribution in [3.63, 3.8) is 0 Å². The largest absolute Gasteiger partial charge is 2.00 e. The summed E-state index contributed by atoms with van der Waals surface area (Å²) in [4.78, 5) is 4.28. The topological polar surface area (TPSA) is 27.7 Å². The molecule has 3 unspecified atom stereocenters. The average Bonchev–Trinajstić information content (AvgIpc) is 3.99. The predicted molar refractivity (Wildman–Crippen MR) is 268 cm³/mol. The molecule has 0 spiro atoms. The number of pyridine rings is 1. The molecule has 5 heteroatoms. The average molecular weight is 1070 g/mol. The Morgan fingerprint density at radius 1 is 0.662 bits per heavy atom. The van der Waals surface area contributed by atoms with Crippen molar-refractivity contribution in [1.29, 1.82) is 0 Å². The van der Waals surface area contributed by atoms with Crippen LogP contribution in [0.3, 0.4) is 0 Å². The minimum Gasteiger partial charge on any atom is -0.371 e. The molecule has 0 fully saturated rings. The molecule has 3 atom stereocenters. The monoisotopic (exact) mass is 1060 g/mol. The van der Waals surface area contributed by atoms with Crippen LogP contribution in [0.1, 0.15) is 63.6 Å². The summed E-state index contributed by atoms with van der Waals surface area (Å²) in [6, 6.07) is 62.5. The van der Waals surface area contributed by atoms with Crippen molar-refractivity contribution in [1.82, 2.24) is 18.7 Å². The first-order valence-corrected chi connectivity index (χ1v) is 23.1. The van der Waals surface area contributed by atoms with E-state index in [1.54, 1.807) is 6.20 Å². The first kappa shape index (κ1) is 41.6. The van der Waals surface area contributed by atoms with Crippen LogP contribution in [0.15, 0.2) is 176 Å². The van der Waals surface area contributed by atoms with E-state index in [0.717, 1.165) is 42.5 Å². The molecule has 0 amide bonds. The maximum absolute atomic E-state index is 4.28. The number of fused-ring (bicyclic) bond motifs is 7. The van der Waals surface area contributed by atoms with E-state index in [4.69, 9.17) is 0 Å². The molecule has 2 bridgehead atoms. The third-order valence-corrected chi connectivity index (χ3v) is 15.0. The zero-order valence-corrected chi connectivity index (χ0v) is 41.6. The summed E-state index contributed by atoms with van der Waals surface area (Å²) in [5.74, 6) is 0.213. The third-order valence-electron chi connectivity index (χ3n) is 15.0. The molecular weight excluding hydrogens is 1010 g/mol. The van der Waals surface area contributed by atoms with Gasteiger partial charge in [-0.3, -0.25) is 0 Å². The van der Waals surface area contributed by atoms with Crippen LogP contribution in [0.2, 0.25) is 0 Å². The van der Waals surface area contributed by atoms with Gasteiger partial charge < -0.3 is 18.7 Å². The van der Waals surface area contributed by atoms with E-state index in [0.29, 0.717) is 0 Å². The summed E-state index contributed by atoms with van der Waals surface area (Å²) >= 11 is 0. The van der Waals surface area contributed by atoms with Gasteiger partial charge in [0.1, 0.15) is 0 Å². The number of nitrogens with zero attached hydrogens (tertiary/aromatic N) is 4. The molecule has 4 aromatic heterocycles. The van der Waals surface area contributed by atoms with Gasteiger partial charge in [-0.15, -0.1) is 12.1 Å². The van der Waals surface area contributed by atoms with Crippen LogP contribution in [0.5, 0.6) is 0 Å². The molecular formula is C60H50N4U. The second-order valence-corrected chi connectivity index (χ2v) is 18.2. The van der Waals surface area contributed by atoms with Crippen LogP contribution >= 0.6 is 0 Å². The van der Waals surface area contributed by atoms with E-state index in [2.05, 4.69) is 210 Å². The Kier molecular flexibility index (Phi) is 10.3. The molecule has 1 aliphatic rings. The fourth-order valence-corrected chi connectivity index (χ4v) is 11.8. The van der Waals surface area contributed by atoms with E-state index in [9.17, 15) is 0 Å². The van der Waals surface area contributed by atoms with Crippen LogP contribution < -0.4 is 0 Å². The van der Waals surface area contributed by atoms with Gasteiger partial charge in [0.25, 0.3) is 0 Å². The Bertz CT molecular complexity index is 3590. The van der Waals surface area contributed by atoms with E-state index < -0.39 is 0 Å². The number of hydrogen-bond donors (Lipinski definition) is 0. The van der Waals surface area contributed by atoms with Gasteiger partial charge in [-0.25, -0.2) is 11.1 Å². The fraction of sp³-hybridized carbons (Fsp3) is 0.183. The number of benzene rings is 7. The second kappa shape index (κ2) is 16.1. The van der Waals surface area contributed by atoms with Gasteiger partial charge in [-0.2, -0.15) is 24.3 Å². The van der Waals surface area contributed by atoms with Crippen LogP contribution in [0.25, 0.3) is 82.2 Å². The van der Waals surface area contributed by atoms with E-state index in [1.165, 1.54) is 82.1 Å². The van der Waals surface area contributed by atoms with Crippen LogP contribution in [-0.4, -0.2) is 18.7 Å².